The Balaban J connectivity index is 0.000000120. The summed E-state index contributed by atoms with van der Waals surface area (Å²) >= 11 is 0. The fourth-order valence-electron chi connectivity index (χ4n) is 1.44. The third-order valence-corrected chi connectivity index (χ3v) is 2.30. The van der Waals surface area contributed by atoms with Crippen LogP contribution in [0.15, 0.2) is 48.5 Å². The summed E-state index contributed by atoms with van der Waals surface area (Å²) in [5.74, 6) is 0. The summed E-state index contributed by atoms with van der Waals surface area (Å²) in [5, 5.41) is 5.88. The smallest absolute Gasteiger partial charge is 0.0789 e. The number of para-hydroxylation sites is 2. The van der Waals surface area contributed by atoms with Crippen LogP contribution >= 0.6 is 0 Å². The lowest BCUT2D eigenvalue weighted by molar-refractivity contribution is 1.07. The van der Waals surface area contributed by atoms with Gasteiger partial charge in [0.05, 0.1) is 11.0 Å². The molecule has 0 atom stereocenters. The summed E-state index contributed by atoms with van der Waals surface area (Å²) < 4.78 is 0. The maximum Gasteiger partial charge on any atom is 0.0789 e. The molecule has 0 amide bonds. The van der Waals surface area contributed by atoms with Gasteiger partial charge in [-0.3, -0.25) is 10.2 Å². The standard InChI is InChI=1S/C7H9N.C6H6N2/c1-6-3-2-4-7(8)5-6;1-2-4-6-5(3-1)7-8-6/h2-5H,8H2,1H3;1-4,7-8H. The van der Waals surface area contributed by atoms with Gasteiger partial charge in [-0.05, 0) is 36.8 Å². The van der Waals surface area contributed by atoms with Gasteiger partial charge in [0.15, 0.2) is 0 Å². The third kappa shape index (κ3) is 2.45. The largest absolute Gasteiger partial charge is 0.399 e. The summed E-state index contributed by atoms with van der Waals surface area (Å²) in [6.45, 7) is 2.02. The molecule has 16 heavy (non-hydrogen) atoms. The molecule has 0 spiro atoms. The second-order valence-electron chi connectivity index (χ2n) is 3.71. The minimum Gasteiger partial charge on any atom is -0.399 e. The molecule has 0 unspecified atom stereocenters. The maximum atomic E-state index is 5.46. The molecular formula is C13H15N3. The predicted molar refractivity (Wildman–Crippen MR) is 68.2 cm³/mol. The maximum absolute atomic E-state index is 5.46. The summed E-state index contributed by atoms with van der Waals surface area (Å²) in [6, 6.07) is 15.9. The summed E-state index contributed by atoms with van der Waals surface area (Å²) in [7, 11) is 0. The lowest BCUT2D eigenvalue weighted by Gasteiger charge is -1.99. The number of anilines is 1. The first-order chi connectivity index (χ1) is 7.75. The zero-order valence-electron chi connectivity index (χ0n) is 9.20. The Morgan fingerprint density at radius 2 is 1.50 bits per heavy atom. The number of rotatable bonds is 0. The lowest BCUT2D eigenvalue weighted by Crippen LogP contribution is -1.87. The van der Waals surface area contributed by atoms with E-state index in [1.807, 2.05) is 55.5 Å². The molecule has 0 bridgehead atoms. The number of aryl methyl sites for hydroxylation is 1. The van der Waals surface area contributed by atoms with Gasteiger partial charge in [-0.15, -0.1) is 0 Å². The van der Waals surface area contributed by atoms with Crippen molar-refractivity contribution in [2.24, 2.45) is 0 Å². The minimum atomic E-state index is 0.838. The lowest BCUT2D eigenvalue weighted by atomic mass is 10.2. The first-order valence-electron chi connectivity index (χ1n) is 5.19. The Kier molecular flexibility index (Phi) is 2.96. The highest BCUT2D eigenvalue weighted by molar-refractivity contribution is 5.75. The summed E-state index contributed by atoms with van der Waals surface area (Å²) in [4.78, 5) is 0. The Morgan fingerprint density at radius 3 is 1.81 bits per heavy atom. The Bertz CT molecular complexity index is 516. The molecule has 0 radical (unpaired) electrons. The van der Waals surface area contributed by atoms with E-state index >= 15 is 0 Å². The fraction of sp³-hybridized carbons (Fsp3) is 0.0769. The van der Waals surface area contributed by atoms with Crippen LogP contribution in [0.1, 0.15) is 5.56 Å². The molecule has 0 aliphatic rings. The Morgan fingerprint density at radius 1 is 0.875 bits per heavy atom. The second kappa shape index (κ2) is 4.57. The zero-order chi connectivity index (χ0) is 11.4. The molecule has 3 heteroatoms. The van der Waals surface area contributed by atoms with E-state index in [1.54, 1.807) is 0 Å². The molecule has 0 aliphatic heterocycles. The Labute approximate surface area is 94.3 Å². The van der Waals surface area contributed by atoms with E-state index in [0.29, 0.717) is 0 Å². The SMILES string of the molecule is Cc1cccc(N)c1.c1ccc2[nH][nH]c2c1. The fourth-order valence-corrected chi connectivity index (χ4v) is 1.44. The van der Waals surface area contributed by atoms with E-state index in [2.05, 4.69) is 10.2 Å². The molecule has 3 aromatic rings. The first kappa shape index (κ1) is 10.4. The van der Waals surface area contributed by atoms with Crippen molar-refractivity contribution in [3.8, 4) is 0 Å². The quantitative estimate of drug-likeness (QED) is 0.494. The molecule has 0 saturated carbocycles. The third-order valence-electron chi connectivity index (χ3n) is 2.30. The number of hydrogen-bond acceptors (Lipinski definition) is 1. The van der Waals surface area contributed by atoms with Gasteiger partial charge in [0.2, 0.25) is 0 Å². The molecule has 1 aromatic heterocycles. The second-order valence-corrected chi connectivity index (χ2v) is 3.71. The molecule has 4 N–H and O–H groups in total. The molecule has 0 saturated heterocycles. The molecular weight excluding hydrogens is 198 g/mol. The topological polar surface area (TPSA) is 57.6 Å². The van der Waals surface area contributed by atoms with Crippen molar-refractivity contribution < 1.29 is 0 Å². The predicted octanol–water partition coefficient (Wildman–Crippen LogP) is 3.07. The number of nitrogen functional groups attached to an aromatic ring is 1. The number of aromatic nitrogens is 2. The normalized spacial score (nSPS) is 9.81. The highest BCUT2D eigenvalue weighted by Gasteiger charge is 1.89. The number of nitrogens with two attached hydrogens (primary N) is 1. The van der Waals surface area contributed by atoms with Gasteiger partial charge in [0.25, 0.3) is 0 Å². The van der Waals surface area contributed by atoms with Gasteiger partial charge in [-0.2, -0.15) is 0 Å². The van der Waals surface area contributed by atoms with Gasteiger partial charge >= 0.3 is 0 Å². The van der Waals surface area contributed by atoms with E-state index in [4.69, 9.17) is 5.73 Å². The number of benzene rings is 2. The molecule has 0 aliphatic carbocycles. The van der Waals surface area contributed by atoms with Crippen LogP contribution in [-0.2, 0) is 0 Å². The van der Waals surface area contributed by atoms with Crippen LogP contribution in [0.4, 0.5) is 5.69 Å². The zero-order valence-corrected chi connectivity index (χ0v) is 9.20. The van der Waals surface area contributed by atoms with E-state index in [-0.39, 0.29) is 0 Å². The molecule has 82 valence electrons. The molecule has 2 aromatic carbocycles. The highest BCUT2D eigenvalue weighted by atomic mass is 15.1. The molecule has 0 fully saturated rings. The molecule has 3 rings (SSSR count). The number of fused-ring (bicyclic) bond motifs is 1. The average molecular weight is 213 g/mol. The van der Waals surface area contributed by atoms with Crippen LogP contribution in [-0.4, -0.2) is 10.2 Å². The van der Waals surface area contributed by atoms with Gasteiger partial charge in [0, 0.05) is 5.69 Å². The summed E-state index contributed by atoms with van der Waals surface area (Å²) in [6.07, 6.45) is 0. The number of aromatic amines is 2. The van der Waals surface area contributed by atoms with Crippen molar-refractivity contribution in [2.75, 3.05) is 5.73 Å². The summed E-state index contributed by atoms with van der Waals surface area (Å²) in [5.41, 5.74) is 9.88. The van der Waals surface area contributed by atoms with Crippen molar-refractivity contribution in [3.63, 3.8) is 0 Å². The van der Waals surface area contributed by atoms with Gasteiger partial charge in [0.1, 0.15) is 0 Å². The monoisotopic (exact) mass is 213 g/mol. The molecule has 3 nitrogen and oxygen atoms in total. The van der Waals surface area contributed by atoms with Crippen LogP contribution in [0.2, 0.25) is 0 Å². The van der Waals surface area contributed by atoms with Gasteiger partial charge in [-0.1, -0.05) is 24.3 Å². The van der Waals surface area contributed by atoms with Crippen molar-refractivity contribution >= 4 is 16.7 Å². The van der Waals surface area contributed by atoms with Crippen LogP contribution in [0, 0.1) is 6.92 Å². The highest BCUT2D eigenvalue weighted by Crippen LogP contribution is 2.06. The van der Waals surface area contributed by atoms with E-state index < -0.39 is 0 Å². The van der Waals surface area contributed by atoms with E-state index in [9.17, 15) is 0 Å². The van der Waals surface area contributed by atoms with Crippen molar-refractivity contribution in [2.45, 2.75) is 6.92 Å². The van der Waals surface area contributed by atoms with Crippen molar-refractivity contribution in [1.82, 2.24) is 10.2 Å². The van der Waals surface area contributed by atoms with Crippen LogP contribution in [0.3, 0.4) is 0 Å². The van der Waals surface area contributed by atoms with Crippen molar-refractivity contribution in [3.05, 3.63) is 54.1 Å². The number of nitrogens with one attached hydrogen (secondary N) is 2. The number of H-pyrrole nitrogens is 2. The molecule has 1 heterocycles. The van der Waals surface area contributed by atoms with Gasteiger partial charge < -0.3 is 5.73 Å². The average Bonchev–Trinajstić information content (AvgIpc) is 2.21. The Hall–Kier alpha value is -2.16. The van der Waals surface area contributed by atoms with E-state index in [1.165, 1.54) is 16.6 Å². The minimum absolute atomic E-state index is 0.838. The number of hydrogen-bond donors (Lipinski definition) is 3. The van der Waals surface area contributed by atoms with Crippen LogP contribution < -0.4 is 5.73 Å². The first-order valence-corrected chi connectivity index (χ1v) is 5.19. The van der Waals surface area contributed by atoms with Crippen LogP contribution in [0.5, 0.6) is 0 Å². The van der Waals surface area contributed by atoms with Crippen molar-refractivity contribution in [1.29, 1.82) is 0 Å². The van der Waals surface area contributed by atoms with Gasteiger partial charge in [-0.25, -0.2) is 0 Å². The van der Waals surface area contributed by atoms with Crippen LogP contribution in [0.25, 0.3) is 11.0 Å². The van der Waals surface area contributed by atoms with E-state index in [0.717, 1.165) is 5.69 Å².